The molecule has 1 rings (SSSR count). The van der Waals surface area contributed by atoms with Crippen molar-refractivity contribution < 1.29 is 4.79 Å². The van der Waals surface area contributed by atoms with E-state index in [0.29, 0.717) is 12.2 Å². The standard InChI is InChI=1S/C6H11N5O/c1-4(7)6(12)8-2-5-3-9-11-10-5/h3-4H,2,7H2,1H3,(H,8,12)(H,9,10,11)/t4-/m0/s1. The minimum atomic E-state index is -0.489. The van der Waals surface area contributed by atoms with E-state index in [2.05, 4.69) is 20.7 Å². The van der Waals surface area contributed by atoms with Crippen molar-refractivity contribution in [2.75, 3.05) is 0 Å². The summed E-state index contributed by atoms with van der Waals surface area (Å²) in [6, 6.07) is -0.489. The third kappa shape index (κ3) is 2.31. The summed E-state index contributed by atoms with van der Waals surface area (Å²) >= 11 is 0. The third-order valence-electron chi connectivity index (χ3n) is 1.32. The minimum absolute atomic E-state index is 0.196. The average Bonchev–Trinajstić information content (AvgIpc) is 2.51. The van der Waals surface area contributed by atoms with Crippen molar-refractivity contribution in [1.82, 2.24) is 20.7 Å². The lowest BCUT2D eigenvalue weighted by atomic mass is 10.3. The van der Waals surface area contributed by atoms with Crippen LogP contribution >= 0.6 is 0 Å². The molecule has 6 nitrogen and oxygen atoms in total. The Morgan fingerprint density at radius 3 is 3.17 bits per heavy atom. The van der Waals surface area contributed by atoms with Gasteiger partial charge in [0.25, 0.3) is 0 Å². The summed E-state index contributed by atoms with van der Waals surface area (Å²) in [5.74, 6) is -0.196. The molecule has 0 unspecified atom stereocenters. The predicted molar refractivity (Wildman–Crippen MR) is 41.9 cm³/mol. The minimum Gasteiger partial charge on any atom is -0.349 e. The lowest BCUT2D eigenvalue weighted by Crippen LogP contribution is -2.37. The number of aromatic nitrogens is 3. The average molecular weight is 169 g/mol. The van der Waals surface area contributed by atoms with Gasteiger partial charge in [0, 0.05) is 0 Å². The Labute approximate surface area is 69.5 Å². The molecule has 0 saturated carbocycles. The van der Waals surface area contributed by atoms with E-state index >= 15 is 0 Å². The van der Waals surface area contributed by atoms with Gasteiger partial charge in [0.1, 0.15) is 5.69 Å². The van der Waals surface area contributed by atoms with Crippen LogP contribution in [0.2, 0.25) is 0 Å². The van der Waals surface area contributed by atoms with Crippen LogP contribution in [0.3, 0.4) is 0 Å². The summed E-state index contributed by atoms with van der Waals surface area (Å²) in [6.07, 6.45) is 1.54. The van der Waals surface area contributed by atoms with Crippen LogP contribution in [0.5, 0.6) is 0 Å². The van der Waals surface area contributed by atoms with Crippen LogP contribution in [0, 0.1) is 0 Å². The zero-order valence-electron chi connectivity index (χ0n) is 6.74. The summed E-state index contributed by atoms with van der Waals surface area (Å²) in [4.78, 5) is 10.9. The fourth-order valence-electron chi connectivity index (χ4n) is 0.649. The molecule has 0 aliphatic carbocycles. The second-order valence-electron chi connectivity index (χ2n) is 2.47. The van der Waals surface area contributed by atoms with E-state index in [-0.39, 0.29) is 5.91 Å². The molecule has 0 aliphatic heterocycles. The molecule has 4 N–H and O–H groups in total. The number of amides is 1. The van der Waals surface area contributed by atoms with E-state index in [0.717, 1.165) is 0 Å². The molecule has 1 atom stereocenters. The highest BCUT2D eigenvalue weighted by atomic mass is 16.2. The molecule has 1 amide bonds. The second kappa shape index (κ2) is 3.82. The van der Waals surface area contributed by atoms with Crippen LogP contribution in [0.15, 0.2) is 6.20 Å². The normalized spacial score (nSPS) is 12.5. The molecule has 12 heavy (non-hydrogen) atoms. The molecule has 0 aromatic carbocycles. The molecule has 1 heterocycles. The second-order valence-corrected chi connectivity index (χ2v) is 2.47. The number of rotatable bonds is 3. The first-order valence-corrected chi connectivity index (χ1v) is 3.58. The van der Waals surface area contributed by atoms with E-state index in [1.807, 2.05) is 0 Å². The van der Waals surface area contributed by atoms with Crippen molar-refractivity contribution in [2.45, 2.75) is 19.5 Å². The van der Waals surface area contributed by atoms with Gasteiger partial charge in [0.2, 0.25) is 5.91 Å². The van der Waals surface area contributed by atoms with Gasteiger partial charge >= 0.3 is 0 Å². The molecule has 0 radical (unpaired) electrons. The predicted octanol–water partition coefficient (Wildman–Crippen LogP) is -1.23. The maximum atomic E-state index is 10.9. The van der Waals surface area contributed by atoms with Gasteiger partial charge in [-0.3, -0.25) is 4.79 Å². The summed E-state index contributed by atoms with van der Waals surface area (Å²) in [5.41, 5.74) is 6.00. The van der Waals surface area contributed by atoms with E-state index in [1.165, 1.54) is 0 Å². The molecule has 0 fully saturated rings. The molecule has 1 aromatic heterocycles. The maximum Gasteiger partial charge on any atom is 0.236 e. The van der Waals surface area contributed by atoms with Gasteiger partial charge in [0.05, 0.1) is 18.8 Å². The number of H-pyrrole nitrogens is 1. The highest BCUT2D eigenvalue weighted by Gasteiger charge is 2.06. The fourth-order valence-corrected chi connectivity index (χ4v) is 0.649. The Bertz CT molecular complexity index is 242. The number of hydrogen-bond acceptors (Lipinski definition) is 4. The lowest BCUT2D eigenvalue weighted by molar-refractivity contribution is -0.122. The monoisotopic (exact) mass is 169 g/mol. The Kier molecular flexibility index (Phi) is 2.76. The SMILES string of the molecule is C[C@H](N)C(=O)NCc1cn[nH]n1. The number of hydrogen-bond donors (Lipinski definition) is 3. The number of carbonyl (C=O) groups excluding carboxylic acids is 1. The van der Waals surface area contributed by atoms with Gasteiger partial charge in [-0.25, -0.2) is 0 Å². The van der Waals surface area contributed by atoms with Gasteiger partial charge in [-0.05, 0) is 6.92 Å². The molecule has 0 aliphatic rings. The first-order valence-electron chi connectivity index (χ1n) is 3.58. The highest BCUT2D eigenvalue weighted by molar-refractivity contribution is 5.80. The zero-order valence-corrected chi connectivity index (χ0v) is 6.74. The van der Waals surface area contributed by atoms with E-state index in [1.54, 1.807) is 13.1 Å². The van der Waals surface area contributed by atoms with Crippen LogP contribution in [-0.2, 0) is 11.3 Å². The molecule has 6 heteroatoms. The third-order valence-corrected chi connectivity index (χ3v) is 1.32. The quantitative estimate of drug-likeness (QED) is 0.527. The van der Waals surface area contributed by atoms with Gasteiger partial charge in [-0.15, -0.1) is 0 Å². The topological polar surface area (TPSA) is 96.7 Å². The number of aromatic amines is 1. The number of nitrogens with two attached hydrogens (primary N) is 1. The fraction of sp³-hybridized carbons (Fsp3) is 0.500. The van der Waals surface area contributed by atoms with Crippen LogP contribution in [0.1, 0.15) is 12.6 Å². The molecule has 0 saturated heterocycles. The Morgan fingerprint density at radius 2 is 2.67 bits per heavy atom. The Morgan fingerprint density at radius 1 is 1.92 bits per heavy atom. The molecular weight excluding hydrogens is 158 g/mol. The Balaban J connectivity index is 2.32. The molecule has 0 spiro atoms. The van der Waals surface area contributed by atoms with Crippen molar-refractivity contribution in [2.24, 2.45) is 5.73 Å². The molecule has 66 valence electrons. The van der Waals surface area contributed by atoms with Crippen molar-refractivity contribution in [3.8, 4) is 0 Å². The van der Waals surface area contributed by atoms with Gasteiger partial charge in [-0.2, -0.15) is 15.4 Å². The highest BCUT2D eigenvalue weighted by Crippen LogP contribution is 1.87. The van der Waals surface area contributed by atoms with Crippen LogP contribution < -0.4 is 11.1 Å². The van der Waals surface area contributed by atoms with Crippen molar-refractivity contribution in [3.05, 3.63) is 11.9 Å². The van der Waals surface area contributed by atoms with E-state index in [9.17, 15) is 4.79 Å². The van der Waals surface area contributed by atoms with Crippen molar-refractivity contribution >= 4 is 5.91 Å². The van der Waals surface area contributed by atoms with Gasteiger partial charge in [-0.1, -0.05) is 0 Å². The van der Waals surface area contributed by atoms with Crippen LogP contribution in [0.4, 0.5) is 0 Å². The van der Waals surface area contributed by atoms with Crippen molar-refractivity contribution in [1.29, 1.82) is 0 Å². The number of nitrogens with one attached hydrogen (secondary N) is 2. The smallest absolute Gasteiger partial charge is 0.236 e. The van der Waals surface area contributed by atoms with Gasteiger partial charge < -0.3 is 11.1 Å². The zero-order chi connectivity index (χ0) is 8.97. The maximum absolute atomic E-state index is 10.9. The lowest BCUT2D eigenvalue weighted by Gasteiger charge is -2.04. The van der Waals surface area contributed by atoms with Gasteiger partial charge in [0.15, 0.2) is 0 Å². The summed E-state index contributed by atoms with van der Waals surface area (Å²) in [5, 5.41) is 12.4. The summed E-state index contributed by atoms with van der Waals surface area (Å²) < 4.78 is 0. The number of nitrogens with zero attached hydrogens (tertiary/aromatic N) is 2. The largest absolute Gasteiger partial charge is 0.349 e. The Hall–Kier alpha value is -1.43. The van der Waals surface area contributed by atoms with Crippen molar-refractivity contribution in [3.63, 3.8) is 0 Å². The first-order chi connectivity index (χ1) is 5.70. The summed E-state index contributed by atoms with van der Waals surface area (Å²) in [6.45, 7) is 1.98. The number of carbonyl (C=O) groups is 1. The van der Waals surface area contributed by atoms with Crippen LogP contribution in [0.25, 0.3) is 0 Å². The summed E-state index contributed by atoms with van der Waals surface area (Å²) in [7, 11) is 0. The van der Waals surface area contributed by atoms with E-state index in [4.69, 9.17) is 5.73 Å². The first kappa shape index (κ1) is 8.66. The molecule has 0 bridgehead atoms. The van der Waals surface area contributed by atoms with E-state index < -0.39 is 6.04 Å². The molecule has 1 aromatic rings. The molecular formula is C6H11N5O. The van der Waals surface area contributed by atoms with Crippen LogP contribution in [-0.4, -0.2) is 27.4 Å².